The number of aromatic amines is 1. The van der Waals surface area contributed by atoms with Gasteiger partial charge in [0.15, 0.2) is 5.69 Å². The second-order valence-electron chi connectivity index (χ2n) is 5.07. The van der Waals surface area contributed by atoms with E-state index in [-0.39, 0.29) is 11.2 Å². The van der Waals surface area contributed by atoms with E-state index < -0.39 is 11.5 Å². The maximum Gasteiger partial charge on any atom is 0.356 e. The van der Waals surface area contributed by atoms with Crippen molar-refractivity contribution in [2.75, 3.05) is 0 Å². The van der Waals surface area contributed by atoms with Crippen LogP contribution in [0.5, 0.6) is 0 Å². The standard InChI is InChI=1S/C16H10N4O3/c21-15-14-7-12(16(22)23)19-20(14)8-13(18-15)10-4-3-9-2-1-5-17-11(9)6-10/h1-8H,(H,18,21)(H,22,23). The van der Waals surface area contributed by atoms with E-state index in [1.165, 1.54) is 10.6 Å². The zero-order valence-corrected chi connectivity index (χ0v) is 11.7. The third kappa shape index (κ3) is 2.15. The lowest BCUT2D eigenvalue weighted by molar-refractivity contribution is 0.0690. The molecule has 0 atom stereocenters. The van der Waals surface area contributed by atoms with Gasteiger partial charge in [0, 0.05) is 23.2 Å². The first-order valence-electron chi connectivity index (χ1n) is 6.83. The van der Waals surface area contributed by atoms with Crippen molar-refractivity contribution in [1.82, 2.24) is 19.6 Å². The van der Waals surface area contributed by atoms with Crippen LogP contribution in [0.4, 0.5) is 0 Å². The number of carboxylic acid groups (broad SMARTS) is 1. The number of H-pyrrole nitrogens is 1. The lowest BCUT2D eigenvalue weighted by Crippen LogP contribution is -2.10. The van der Waals surface area contributed by atoms with Crippen LogP contribution in [0.3, 0.4) is 0 Å². The first kappa shape index (κ1) is 13.2. The molecular formula is C16H10N4O3. The molecule has 23 heavy (non-hydrogen) atoms. The fourth-order valence-corrected chi connectivity index (χ4v) is 2.49. The van der Waals surface area contributed by atoms with E-state index in [1.54, 1.807) is 12.4 Å². The summed E-state index contributed by atoms with van der Waals surface area (Å²) in [6.07, 6.45) is 3.29. The Morgan fingerprint density at radius 2 is 2.09 bits per heavy atom. The van der Waals surface area contributed by atoms with Gasteiger partial charge in [0.05, 0.1) is 17.4 Å². The first-order chi connectivity index (χ1) is 11.1. The van der Waals surface area contributed by atoms with Crippen LogP contribution in [-0.4, -0.2) is 30.7 Å². The number of hydrogen-bond donors (Lipinski definition) is 2. The Morgan fingerprint density at radius 3 is 2.91 bits per heavy atom. The second-order valence-corrected chi connectivity index (χ2v) is 5.07. The Labute approximate surface area is 128 Å². The molecule has 1 aromatic carbocycles. The zero-order chi connectivity index (χ0) is 16.0. The maximum atomic E-state index is 12.1. The number of aromatic carboxylic acids is 1. The molecule has 3 aromatic heterocycles. The minimum Gasteiger partial charge on any atom is -0.476 e. The number of nitrogens with zero attached hydrogens (tertiary/aromatic N) is 3. The number of rotatable bonds is 2. The van der Waals surface area contributed by atoms with Crippen molar-refractivity contribution in [3.63, 3.8) is 0 Å². The van der Waals surface area contributed by atoms with E-state index >= 15 is 0 Å². The number of carbonyl (C=O) groups is 1. The van der Waals surface area contributed by atoms with E-state index in [2.05, 4.69) is 15.1 Å². The molecule has 7 nitrogen and oxygen atoms in total. The summed E-state index contributed by atoms with van der Waals surface area (Å²) in [7, 11) is 0. The predicted octanol–water partition coefficient (Wildman–Crippen LogP) is 1.94. The SMILES string of the molecule is O=C(O)c1cc2c(=O)[nH]c(-c3ccc4cccnc4c3)cn2n1. The molecule has 7 heteroatoms. The maximum absolute atomic E-state index is 12.1. The fraction of sp³-hybridized carbons (Fsp3) is 0. The molecule has 2 N–H and O–H groups in total. The van der Waals surface area contributed by atoms with Crippen LogP contribution < -0.4 is 5.56 Å². The monoisotopic (exact) mass is 306 g/mol. The number of nitrogens with one attached hydrogen (secondary N) is 1. The third-order valence-corrected chi connectivity index (χ3v) is 3.60. The summed E-state index contributed by atoms with van der Waals surface area (Å²) in [5.41, 5.74) is 1.72. The van der Waals surface area contributed by atoms with Crippen LogP contribution in [0, 0.1) is 0 Å². The quantitative estimate of drug-likeness (QED) is 0.589. The molecule has 0 saturated carbocycles. The topological polar surface area (TPSA) is 100 Å². The highest BCUT2D eigenvalue weighted by Crippen LogP contribution is 2.21. The molecule has 0 bridgehead atoms. The van der Waals surface area contributed by atoms with Crippen molar-refractivity contribution in [1.29, 1.82) is 0 Å². The van der Waals surface area contributed by atoms with E-state index in [0.717, 1.165) is 16.5 Å². The van der Waals surface area contributed by atoms with Gasteiger partial charge in [-0.3, -0.25) is 9.78 Å². The molecule has 0 saturated heterocycles. The molecule has 0 radical (unpaired) electrons. The molecule has 0 spiro atoms. The summed E-state index contributed by atoms with van der Waals surface area (Å²) in [6.45, 7) is 0. The summed E-state index contributed by atoms with van der Waals surface area (Å²) in [6, 6.07) is 10.7. The van der Waals surface area contributed by atoms with Gasteiger partial charge in [-0.2, -0.15) is 5.10 Å². The molecule has 4 rings (SSSR count). The van der Waals surface area contributed by atoms with Crippen molar-refractivity contribution in [3.8, 4) is 11.3 Å². The summed E-state index contributed by atoms with van der Waals surface area (Å²) in [5, 5.41) is 13.9. The normalized spacial score (nSPS) is 11.1. The Balaban J connectivity index is 1.93. The molecule has 0 fully saturated rings. The average molecular weight is 306 g/mol. The number of pyridine rings is 1. The Hall–Kier alpha value is -3.48. The second kappa shape index (κ2) is 4.77. The van der Waals surface area contributed by atoms with Crippen molar-refractivity contribution in [3.05, 3.63) is 64.8 Å². The van der Waals surface area contributed by atoms with Crippen LogP contribution in [-0.2, 0) is 0 Å². The van der Waals surface area contributed by atoms with Gasteiger partial charge in [0.25, 0.3) is 5.56 Å². The molecule has 0 aliphatic rings. The summed E-state index contributed by atoms with van der Waals surface area (Å²) in [5.74, 6) is -1.18. The highest BCUT2D eigenvalue weighted by atomic mass is 16.4. The number of hydrogen-bond acceptors (Lipinski definition) is 4. The van der Waals surface area contributed by atoms with Gasteiger partial charge in [-0.15, -0.1) is 0 Å². The molecular weight excluding hydrogens is 296 g/mol. The Kier molecular flexibility index (Phi) is 2.74. The first-order valence-corrected chi connectivity index (χ1v) is 6.83. The van der Waals surface area contributed by atoms with Gasteiger partial charge < -0.3 is 10.1 Å². The number of aromatic nitrogens is 4. The van der Waals surface area contributed by atoms with Crippen molar-refractivity contribution < 1.29 is 9.90 Å². The summed E-state index contributed by atoms with van der Waals surface area (Å²) >= 11 is 0. The molecule has 3 heterocycles. The highest BCUT2D eigenvalue weighted by Gasteiger charge is 2.12. The van der Waals surface area contributed by atoms with Crippen LogP contribution >= 0.6 is 0 Å². The van der Waals surface area contributed by atoms with E-state index in [1.807, 2.05) is 30.3 Å². The largest absolute Gasteiger partial charge is 0.476 e. The van der Waals surface area contributed by atoms with Gasteiger partial charge in [0.1, 0.15) is 5.52 Å². The third-order valence-electron chi connectivity index (χ3n) is 3.60. The van der Waals surface area contributed by atoms with Crippen molar-refractivity contribution >= 4 is 22.4 Å². The zero-order valence-electron chi connectivity index (χ0n) is 11.7. The fourth-order valence-electron chi connectivity index (χ4n) is 2.49. The molecule has 0 aliphatic carbocycles. The van der Waals surface area contributed by atoms with E-state index in [0.29, 0.717) is 5.69 Å². The average Bonchev–Trinajstić information content (AvgIpc) is 2.99. The minimum atomic E-state index is -1.18. The van der Waals surface area contributed by atoms with Crippen LogP contribution in [0.15, 0.2) is 53.6 Å². The van der Waals surface area contributed by atoms with E-state index in [4.69, 9.17) is 5.11 Å². The number of carboxylic acids is 1. The van der Waals surface area contributed by atoms with Gasteiger partial charge in [-0.05, 0) is 12.1 Å². The van der Waals surface area contributed by atoms with Crippen molar-refractivity contribution in [2.24, 2.45) is 0 Å². The van der Waals surface area contributed by atoms with Gasteiger partial charge >= 0.3 is 5.97 Å². The smallest absolute Gasteiger partial charge is 0.356 e. The molecule has 112 valence electrons. The van der Waals surface area contributed by atoms with Gasteiger partial charge in [-0.1, -0.05) is 18.2 Å². The summed E-state index contributed by atoms with van der Waals surface area (Å²) < 4.78 is 1.28. The summed E-state index contributed by atoms with van der Waals surface area (Å²) in [4.78, 5) is 30.2. The Bertz CT molecular complexity index is 1130. The van der Waals surface area contributed by atoms with Crippen LogP contribution in [0.1, 0.15) is 10.5 Å². The lowest BCUT2D eigenvalue weighted by atomic mass is 10.1. The molecule has 0 amide bonds. The minimum absolute atomic E-state index is 0.173. The van der Waals surface area contributed by atoms with Gasteiger partial charge in [0.2, 0.25) is 0 Å². The van der Waals surface area contributed by atoms with Crippen LogP contribution in [0.25, 0.3) is 27.7 Å². The molecule has 0 aliphatic heterocycles. The van der Waals surface area contributed by atoms with Gasteiger partial charge in [-0.25, -0.2) is 9.31 Å². The molecule has 4 aromatic rings. The van der Waals surface area contributed by atoms with Crippen LogP contribution in [0.2, 0.25) is 0 Å². The number of benzene rings is 1. The highest BCUT2D eigenvalue weighted by molar-refractivity contribution is 5.87. The Morgan fingerprint density at radius 1 is 1.22 bits per heavy atom. The van der Waals surface area contributed by atoms with E-state index in [9.17, 15) is 9.59 Å². The molecule has 0 unspecified atom stereocenters. The predicted molar refractivity (Wildman–Crippen MR) is 83.5 cm³/mol. The number of fused-ring (bicyclic) bond motifs is 2. The lowest BCUT2D eigenvalue weighted by Gasteiger charge is -2.04. The van der Waals surface area contributed by atoms with Crippen molar-refractivity contribution in [2.45, 2.75) is 0 Å².